The standard InChI is InChI=1S/C26H24ClFN2O7/c1-29-8-2-3-17(29)22(32)16-7-5-14(28)10-19(16)30-11-20(15-6-4-13(27)9-18(15)30)36-26-25(35)24(34)23(33)21(12-31)37-26/h2-11,21,23-26,31,33-35H,12H2,1H3/t21-,23-,24+,25-,26-/m1/s1. The largest absolute Gasteiger partial charge is 0.460 e. The number of ketones is 1. The Kier molecular flexibility index (Phi) is 6.80. The fourth-order valence-electron chi connectivity index (χ4n) is 4.48. The first-order chi connectivity index (χ1) is 17.7. The van der Waals surface area contributed by atoms with Gasteiger partial charge in [0.05, 0.1) is 29.7 Å². The molecule has 1 aliphatic rings. The summed E-state index contributed by atoms with van der Waals surface area (Å²) in [4.78, 5) is 13.4. The van der Waals surface area contributed by atoms with Crippen LogP contribution in [0.1, 0.15) is 16.1 Å². The van der Waals surface area contributed by atoms with Gasteiger partial charge in [0, 0.05) is 29.2 Å². The van der Waals surface area contributed by atoms with Crippen LogP contribution in [0.15, 0.2) is 60.9 Å². The molecule has 0 bridgehead atoms. The molecular weight excluding hydrogens is 507 g/mol. The Morgan fingerprint density at radius 2 is 1.89 bits per heavy atom. The molecule has 0 amide bonds. The first-order valence-corrected chi connectivity index (χ1v) is 11.8. The molecular formula is C26H24ClFN2O7. The molecule has 0 radical (unpaired) electrons. The number of fused-ring (bicyclic) bond motifs is 1. The molecule has 2 aromatic heterocycles. The van der Waals surface area contributed by atoms with E-state index in [1.165, 1.54) is 24.4 Å². The molecule has 4 aromatic rings. The molecule has 11 heteroatoms. The molecule has 0 spiro atoms. The van der Waals surface area contributed by atoms with Gasteiger partial charge in [-0.05, 0) is 48.5 Å². The summed E-state index contributed by atoms with van der Waals surface area (Å²) in [5.41, 5.74) is 1.32. The van der Waals surface area contributed by atoms with Gasteiger partial charge in [-0.2, -0.15) is 0 Å². The SMILES string of the molecule is Cn1cccc1C(=O)c1ccc(F)cc1-n1cc(O[C@@H]2O[C@H](CO)[C@@H](O)[C@H](O)[C@H]2O)c2ccc(Cl)cc21. The number of ether oxygens (including phenoxy) is 2. The number of halogens is 2. The normalized spacial score (nSPS) is 23.9. The minimum absolute atomic E-state index is 0.164. The van der Waals surface area contributed by atoms with E-state index in [-0.39, 0.29) is 22.8 Å². The van der Waals surface area contributed by atoms with Gasteiger partial charge < -0.3 is 39.0 Å². The molecule has 0 saturated carbocycles. The van der Waals surface area contributed by atoms with Crippen molar-refractivity contribution in [1.29, 1.82) is 0 Å². The predicted octanol–water partition coefficient (Wildman–Crippen LogP) is 2.17. The third kappa shape index (κ3) is 4.52. The van der Waals surface area contributed by atoms with Gasteiger partial charge in [-0.1, -0.05) is 11.6 Å². The van der Waals surface area contributed by atoms with Crippen molar-refractivity contribution in [3.63, 3.8) is 0 Å². The number of aryl methyl sites for hydroxylation is 1. The molecule has 194 valence electrons. The number of nitrogens with zero attached hydrogens (tertiary/aromatic N) is 2. The van der Waals surface area contributed by atoms with Gasteiger partial charge in [0.25, 0.3) is 0 Å². The molecule has 5 rings (SSSR count). The number of rotatable bonds is 6. The molecule has 2 aromatic carbocycles. The first-order valence-electron chi connectivity index (χ1n) is 11.4. The quantitative estimate of drug-likeness (QED) is 0.281. The summed E-state index contributed by atoms with van der Waals surface area (Å²) >= 11 is 6.26. The highest BCUT2D eigenvalue weighted by Crippen LogP contribution is 2.36. The maximum absolute atomic E-state index is 14.5. The minimum Gasteiger partial charge on any atom is -0.460 e. The second-order valence-corrected chi connectivity index (χ2v) is 9.27. The van der Waals surface area contributed by atoms with Gasteiger partial charge in [0.1, 0.15) is 36.0 Å². The maximum Gasteiger partial charge on any atom is 0.229 e. The highest BCUT2D eigenvalue weighted by molar-refractivity contribution is 6.31. The number of hydrogen-bond donors (Lipinski definition) is 4. The summed E-state index contributed by atoms with van der Waals surface area (Å²) in [7, 11) is 1.73. The lowest BCUT2D eigenvalue weighted by Gasteiger charge is -2.39. The third-order valence-corrected chi connectivity index (χ3v) is 6.70. The van der Waals surface area contributed by atoms with E-state index in [0.29, 0.717) is 21.6 Å². The number of carbonyl (C=O) groups is 1. The highest BCUT2D eigenvalue weighted by Gasteiger charge is 2.45. The van der Waals surface area contributed by atoms with E-state index in [2.05, 4.69) is 0 Å². The molecule has 9 nitrogen and oxygen atoms in total. The fourth-order valence-corrected chi connectivity index (χ4v) is 4.65. The zero-order chi connectivity index (χ0) is 26.4. The number of aliphatic hydroxyl groups is 4. The predicted molar refractivity (Wildman–Crippen MR) is 131 cm³/mol. The van der Waals surface area contributed by atoms with Crippen LogP contribution in [-0.4, -0.2) is 72.7 Å². The van der Waals surface area contributed by atoms with Crippen molar-refractivity contribution in [2.24, 2.45) is 7.05 Å². The number of carbonyl (C=O) groups excluding carboxylic acids is 1. The van der Waals surface area contributed by atoms with E-state index < -0.39 is 43.1 Å². The average molecular weight is 531 g/mol. The summed E-state index contributed by atoms with van der Waals surface area (Å²) < 4.78 is 29.1. The second-order valence-electron chi connectivity index (χ2n) is 8.83. The van der Waals surface area contributed by atoms with Gasteiger partial charge in [-0.3, -0.25) is 4.79 Å². The van der Waals surface area contributed by atoms with Crippen molar-refractivity contribution >= 4 is 28.3 Å². The third-order valence-electron chi connectivity index (χ3n) is 6.46. The zero-order valence-electron chi connectivity index (χ0n) is 19.5. The second kappa shape index (κ2) is 9.90. The minimum atomic E-state index is -1.63. The van der Waals surface area contributed by atoms with E-state index in [0.717, 1.165) is 0 Å². The molecule has 5 atom stereocenters. The van der Waals surface area contributed by atoms with Crippen LogP contribution >= 0.6 is 11.6 Å². The zero-order valence-corrected chi connectivity index (χ0v) is 20.3. The Hall–Kier alpha value is -3.25. The topological polar surface area (TPSA) is 126 Å². The lowest BCUT2D eigenvalue weighted by Crippen LogP contribution is -2.60. The van der Waals surface area contributed by atoms with E-state index in [1.807, 2.05) is 0 Å². The van der Waals surface area contributed by atoms with E-state index in [1.54, 1.807) is 52.7 Å². The number of aromatic nitrogens is 2. The molecule has 37 heavy (non-hydrogen) atoms. The molecule has 1 fully saturated rings. The van der Waals surface area contributed by atoms with Gasteiger partial charge in [0.2, 0.25) is 12.1 Å². The van der Waals surface area contributed by atoms with Gasteiger partial charge in [-0.25, -0.2) is 4.39 Å². The monoisotopic (exact) mass is 530 g/mol. The lowest BCUT2D eigenvalue weighted by atomic mass is 9.99. The van der Waals surface area contributed by atoms with Crippen molar-refractivity contribution in [2.45, 2.75) is 30.7 Å². The Balaban J connectivity index is 1.62. The molecule has 3 heterocycles. The Bertz CT molecular complexity index is 1470. The van der Waals surface area contributed by atoms with Crippen molar-refractivity contribution in [3.05, 3.63) is 83.0 Å². The van der Waals surface area contributed by atoms with Crippen LogP contribution in [-0.2, 0) is 11.8 Å². The Morgan fingerprint density at radius 3 is 2.59 bits per heavy atom. The Morgan fingerprint density at radius 1 is 1.11 bits per heavy atom. The summed E-state index contributed by atoms with van der Waals surface area (Å²) in [6, 6.07) is 12.1. The first kappa shape index (κ1) is 25.4. The van der Waals surface area contributed by atoms with Crippen LogP contribution in [0.5, 0.6) is 5.75 Å². The van der Waals surface area contributed by atoms with Crippen LogP contribution in [0, 0.1) is 5.82 Å². The van der Waals surface area contributed by atoms with Crippen molar-refractivity contribution in [2.75, 3.05) is 6.61 Å². The van der Waals surface area contributed by atoms with Crippen LogP contribution in [0.4, 0.5) is 4.39 Å². The van der Waals surface area contributed by atoms with Gasteiger partial charge in [-0.15, -0.1) is 0 Å². The smallest absolute Gasteiger partial charge is 0.229 e. The lowest BCUT2D eigenvalue weighted by molar-refractivity contribution is -0.277. The van der Waals surface area contributed by atoms with Crippen LogP contribution in [0.25, 0.3) is 16.6 Å². The number of benzene rings is 2. The van der Waals surface area contributed by atoms with Crippen molar-refractivity contribution < 1.29 is 39.1 Å². The van der Waals surface area contributed by atoms with Crippen LogP contribution in [0.3, 0.4) is 0 Å². The molecule has 4 N–H and O–H groups in total. The summed E-state index contributed by atoms with van der Waals surface area (Å²) in [5, 5.41) is 41.0. The van der Waals surface area contributed by atoms with Crippen molar-refractivity contribution in [1.82, 2.24) is 9.13 Å². The summed E-state index contributed by atoms with van der Waals surface area (Å²) in [5.74, 6) is -0.737. The van der Waals surface area contributed by atoms with Crippen LogP contribution < -0.4 is 4.74 Å². The molecule has 0 unspecified atom stereocenters. The van der Waals surface area contributed by atoms with Gasteiger partial charge >= 0.3 is 0 Å². The number of aliphatic hydroxyl groups excluding tert-OH is 4. The van der Waals surface area contributed by atoms with E-state index >= 15 is 0 Å². The van der Waals surface area contributed by atoms with E-state index in [4.69, 9.17) is 21.1 Å². The maximum atomic E-state index is 14.5. The average Bonchev–Trinajstić information content (AvgIpc) is 3.46. The molecule has 1 saturated heterocycles. The molecule has 0 aliphatic carbocycles. The fraction of sp³-hybridized carbons (Fsp3) is 0.269. The molecule has 1 aliphatic heterocycles. The Labute approximate surface area is 215 Å². The van der Waals surface area contributed by atoms with E-state index in [9.17, 15) is 29.6 Å². The number of hydrogen-bond acceptors (Lipinski definition) is 7. The summed E-state index contributed by atoms with van der Waals surface area (Å²) in [6.07, 6.45) is -4.19. The highest BCUT2D eigenvalue weighted by atomic mass is 35.5. The van der Waals surface area contributed by atoms with Crippen LogP contribution in [0.2, 0.25) is 5.02 Å². The summed E-state index contributed by atoms with van der Waals surface area (Å²) in [6.45, 7) is -0.615. The van der Waals surface area contributed by atoms with Gasteiger partial charge in [0.15, 0.2) is 0 Å². The van der Waals surface area contributed by atoms with Crippen molar-refractivity contribution in [3.8, 4) is 11.4 Å².